The molecular formula is C23H19BrN2O3. The molecule has 4 aromatic rings. The van der Waals surface area contributed by atoms with E-state index < -0.39 is 0 Å². The lowest BCUT2D eigenvalue weighted by Gasteiger charge is -2.05. The number of hydrogen-bond donors (Lipinski definition) is 1. The van der Waals surface area contributed by atoms with Crippen molar-refractivity contribution in [2.24, 2.45) is 0 Å². The Labute approximate surface area is 176 Å². The highest BCUT2D eigenvalue weighted by molar-refractivity contribution is 9.10. The number of hydrogen-bond acceptors (Lipinski definition) is 4. The minimum Gasteiger partial charge on any atom is -0.496 e. The van der Waals surface area contributed by atoms with Crippen molar-refractivity contribution in [3.8, 4) is 17.2 Å². The van der Waals surface area contributed by atoms with Gasteiger partial charge in [-0.3, -0.25) is 4.79 Å². The van der Waals surface area contributed by atoms with Crippen LogP contribution in [0, 0.1) is 0 Å². The number of aryl methyl sites for hydroxylation is 1. The number of aromatic nitrogens is 1. The lowest BCUT2D eigenvalue weighted by atomic mass is 10.1. The first kappa shape index (κ1) is 19.2. The molecule has 0 saturated carbocycles. The fourth-order valence-corrected chi connectivity index (χ4v) is 3.56. The number of carbonyl (C=O) groups excluding carboxylic acids is 1. The van der Waals surface area contributed by atoms with Crippen LogP contribution in [0.5, 0.6) is 5.75 Å². The van der Waals surface area contributed by atoms with Crippen LogP contribution < -0.4 is 10.1 Å². The molecule has 6 heteroatoms. The summed E-state index contributed by atoms with van der Waals surface area (Å²) >= 11 is 3.48. The number of fused-ring (bicyclic) bond motifs is 1. The van der Waals surface area contributed by atoms with Crippen LogP contribution in [0.4, 0.5) is 5.69 Å². The number of amides is 1. The van der Waals surface area contributed by atoms with Crippen LogP contribution >= 0.6 is 15.9 Å². The van der Waals surface area contributed by atoms with Crippen molar-refractivity contribution < 1.29 is 13.9 Å². The number of rotatable bonds is 5. The Balaban J connectivity index is 1.58. The van der Waals surface area contributed by atoms with E-state index in [-0.39, 0.29) is 5.91 Å². The van der Waals surface area contributed by atoms with Gasteiger partial charge in [-0.05, 0) is 76.4 Å². The first-order valence-electron chi connectivity index (χ1n) is 9.22. The van der Waals surface area contributed by atoms with Gasteiger partial charge in [0.05, 0.1) is 11.6 Å². The highest BCUT2D eigenvalue weighted by Gasteiger charge is 2.12. The number of oxazole rings is 1. The van der Waals surface area contributed by atoms with Gasteiger partial charge in [-0.15, -0.1) is 0 Å². The van der Waals surface area contributed by atoms with Crippen molar-refractivity contribution in [2.45, 2.75) is 13.3 Å². The quantitative estimate of drug-likeness (QED) is 0.400. The Morgan fingerprint density at radius 3 is 2.59 bits per heavy atom. The second-order valence-electron chi connectivity index (χ2n) is 6.56. The molecule has 0 aliphatic carbocycles. The second kappa shape index (κ2) is 8.09. The van der Waals surface area contributed by atoms with Crippen LogP contribution in [0.3, 0.4) is 0 Å². The van der Waals surface area contributed by atoms with Crippen LogP contribution in [0.2, 0.25) is 0 Å². The zero-order chi connectivity index (χ0) is 20.4. The van der Waals surface area contributed by atoms with Crippen molar-refractivity contribution in [1.82, 2.24) is 4.98 Å². The summed E-state index contributed by atoms with van der Waals surface area (Å²) in [5.41, 5.74) is 4.63. The van der Waals surface area contributed by atoms with Crippen LogP contribution in [0.1, 0.15) is 22.8 Å². The molecule has 1 heterocycles. The molecule has 0 radical (unpaired) electrons. The van der Waals surface area contributed by atoms with Crippen LogP contribution in [-0.2, 0) is 6.42 Å². The third-order valence-corrected chi connectivity index (χ3v) is 5.29. The van der Waals surface area contributed by atoms with Gasteiger partial charge in [0.1, 0.15) is 11.3 Å². The summed E-state index contributed by atoms with van der Waals surface area (Å²) in [7, 11) is 1.62. The number of anilines is 1. The third-order valence-electron chi connectivity index (χ3n) is 4.67. The molecule has 1 N–H and O–H groups in total. The molecule has 146 valence electrons. The van der Waals surface area contributed by atoms with Crippen LogP contribution in [-0.4, -0.2) is 18.0 Å². The van der Waals surface area contributed by atoms with Crippen molar-refractivity contribution in [3.63, 3.8) is 0 Å². The highest BCUT2D eigenvalue weighted by atomic mass is 79.9. The average molecular weight is 451 g/mol. The van der Waals surface area contributed by atoms with E-state index in [0.717, 1.165) is 22.2 Å². The fraction of sp³-hybridized carbons (Fsp3) is 0.130. The average Bonchev–Trinajstić information content (AvgIpc) is 3.17. The number of carbonyl (C=O) groups is 1. The lowest BCUT2D eigenvalue weighted by molar-refractivity contribution is 0.102. The van der Waals surface area contributed by atoms with E-state index in [2.05, 4.69) is 33.2 Å². The number of nitrogens with one attached hydrogen (secondary N) is 1. The monoisotopic (exact) mass is 450 g/mol. The highest BCUT2D eigenvalue weighted by Crippen LogP contribution is 2.32. The molecule has 0 bridgehead atoms. The van der Waals surface area contributed by atoms with E-state index in [4.69, 9.17) is 9.15 Å². The maximum absolute atomic E-state index is 12.5. The standard InChI is InChI=1S/C23H19BrN2O3/c1-3-14-4-6-15(7-5-14)22(27)25-17-9-11-21-19(13-17)26-23(29-21)16-8-10-20(28-2)18(24)12-16/h4-13H,3H2,1-2H3,(H,25,27). The molecule has 1 amide bonds. The second-order valence-corrected chi connectivity index (χ2v) is 7.41. The zero-order valence-corrected chi connectivity index (χ0v) is 17.6. The number of ether oxygens (including phenoxy) is 1. The Bertz CT molecular complexity index is 1180. The van der Waals surface area contributed by atoms with Gasteiger partial charge in [-0.25, -0.2) is 4.98 Å². The number of halogens is 1. The molecule has 1 aromatic heterocycles. The van der Waals surface area contributed by atoms with E-state index in [9.17, 15) is 4.79 Å². The van der Waals surface area contributed by atoms with Gasteiger partial charge in [-0.2, -0.15) is 0 Å². The zero-order valence-electron chi connectivity index (χ0n) is 16.0. The smallest absolute Gasteiger partial charge is 0.255 e. The van der Waals surface area contributed by atoms with Crippen molar-refractivity contribution in [3.05, 3.63) is 76.3 Å². The van der Waals surface area contributed by atoms with E-state index in [1.165, 1.54) is 5.56 Å². The van der Waals surface area contributed by atoms with Crippen molar-refractivity contribution in [2.75, 3.05) is 12.4 Å². The van der Waals surface area contributed by atoms with Crippen LogP contribution in [0.25, 0.3) is 22.6 Å². The molecule has 29 heavy (non-hydrogen) atoms. The minimum absolute atomic E-state index is 0.158. The summed E-state index contributed by atoms with van der Waals surface area (Å²) in [6, 6.07) is 18.7. The maximum Gasteiger partial charge on any atom is 0.255 e. The van der Waals surface area contributed by atoms with Gasteiger partial charge in [-0.1, -0.05) is 19.1 Å². The largest absolute Gasteiger partial charge is 0.496 e. The van der Waals surface area contributed by atoms with Crippen LogP contribution in [0.15, 0.2) is 69.6 Å². The Morgan fingerprint density at radius 2 is 1.90 bits per heavy atom. The Hall–Kier alpha value is -3.12. The molecule has 4 rings (SSSR count). The number of methoxy groups -OCH3 is 1. The van der Waals surface area contributed by atoms with E-state index in [0.29, 0.717) is 28.2 Å². The van der Waals surface area contributed by atoms with Crippen molar-refractivity contribution >= 4 is 38.6 Å². The Kier molecular flexibility index (Phi) is 5.36. The van der Waals surface area contributed by atoms with E-state index in [1.54, 1.807) is 25.3 Å². The normalized spacial score (nSPS) is 10.9. The molecule has 0 atom stereocenters. The SMILES string of the molecule is CCc1ccc(C(=O)Nc2ccc3oc(-c4ccc(OC)c(Br)c4)nc3c2)cc1. The van der Waals surface area contributed by atoms with Crippen molar-refractivity contribution in [1.29, 1.82) is 0 Å². The first-order valence-corrected chi connectivity index (χ1v) is 10.0. The molecule has 3 aromatic carbocycles. The fourth-order valence-electron chi connectivity index (χ4n) is 3.02. The van der Waals surface area contributed by atoms with E-state index >= 15 is 0 Å². The van der Waals surface area contributed by atoms with Gasteiger partial charge in [0.25, 0.3) is 5.91 Å². The molecule has 0 aliphatic rings. The summed E-state index contributed by atoms with van der Waals surface area (Å²) in [6.07, 6.45) is 0.942. The minimum atomic E-state index is -0.158. The van der Waals surface area contributed by atoms with Gasteiger partial charge in [0, 0.05) is 16.8 Å². The van der Waals surface area contributed by atoms with E-state index in [1.807, 2.05) is 42.5 Å². The summed E-state index contributed by atoms with van der Waals surface area (Å²) in [5, 5.41) is 2.92. The molecule has 0 unspecified atom stereocenters. The number of nitrogens with zero attached hydrogens (tertiary/aromatic N) is 1. The Morgan fingerprint density at radius 1 is 1.10 bits per heavy atom. The molecule has 0 aliphatic heterocycles. The van der Waals surface area contributed by atoms with Gasteiger partial charge < -0.3 is 14.5 Å². The third kappa shape index (κ3) is 4.03. The first-order chi connectivity index (χ1) is 14.1. The van der Waals surface area contributed by atoms with Gasteiger partial charge >= 0.3 is 0 Å². The molecule has 0 spiro atoms. The lowest BCUT2D eigenvalue weighted by Crippen LogP contribution is -2.11. The van der Waals surface area contributed by atoms with Gasteiger partial charge in [0.2, 0.25) is 5.89 Å². The molecule has 0 saturated heterocycles. The number of benzene rings is 3. The summed E-state index contributed by atoms with van der Waals surface area (Å²) < 4.78 is 11.9. The summed E-state index contributed by atoms with van der Waals surface area (Å²) in [4.78, 5) is 17.1. The maximum atomic E-state index is 12.5. The topological polar surface area (TPSA) is 64.4 Å². The molecular weight excluding hydrogens is 432 g/mol. The molecule has 5 nitrogen and oxygen atoms in total. The predicted molar refractivity (Wildman–Crippen MR) is 117 cm³/mol. The summed E-state index contributed by atoms with van der Waals surface area (Å²) in [5.74, 6) is 1.08. The predicted octanol–water partition coefficient (Wildman–Crippen LogP) is 6.08. The molecule has 0 fully saturated rings. The summed E-state index contributed by atoms with van der Waals surface area (Å²) in [6.45, 7) is 2.08. The van der Waals surface area contributed by atoms with Gasteiger partial charge in [0.15, 0.2) is 5.58 Å².